The van der Waals surface area contributed by atoms with Gasteiger partial charge in [-0.2, -0.15) is 5.10 Å². The number of fused-ring (bicyclic) bond motifs is 3. The standard InChI is InChI=1S/C16H18N4/c1-10-13(9-20(2)19-10)15-16-12(7-8-17-15)11-5-3-4-6-14(11)18-16/h3-6,9,15,17-18H,7-8H2,1-2H3/t15-/m0/s1. The first-order valence-corrected chi connectivity index (χ1v) is 7.07. The predicted octanol–water partition coefficient (Wildman–Crippen LogP) is 2.44. The zero-order valence-electron chi connectivity index (χ0n) is 11.8. The third kappa shape index (κ3) is 1.61. The summed E-state index contributed by atoms with van der Waals surface area (Å²) in [5, 5.41) is 9.45. The van der Waals surface area contributed by atoms with E-state index in [1.165, 1.54) is 27.7 Å². The summed E-state index contributed by atoms with van der Waals surface area (Å²) < 4.78 is 1.89. The minimum absolute atomic E-state index is 0.222. The Balaban J connectivity index is 1.92. The minimum Gasteiger partial charge on any atom is -0.357 e. The molecule has 4 nitrogen and oxygen atoms in total. The van der Waals surface area contributed by atoms with Crippen molar-refractivity contribution in [3.8, 4) is 0 Å². The molecule has 4 rings (SSSR count). The molecule has 0 bridgehead atoms. The Bertz CT molecular complexity index is 781. The third-order valence-electron chi connectivity index (χ3n) is 4.22. The highest BCUT2D eigenvalue weighted by molar-refractivity contribution is 5.85. The van der Waals surface area contributed by atoms with Gasteiger partial charge in [-0.25, -0.2) is 0 Å². The van der Waals surface area contributed by atoms with Crippen LogP contribution in [0.25, 0.3) is 10.9 Å². The van der Waals surface area contributed by atoms with Crippen molar-refractivity contribution < 1.29 is 0 Å². The summed E-state index contributed by atoms with van der Waals surface area (Å²) in [5.41, 5.74) is 6.34. The van der Waals surface area contributed by atoms with Gasteiger partial charge in [0.15, 0.2) is 0 Å². The largest absolute Gasteiger partial charge is 0.357 e. The zero-order chi connectivity index (χ0) is 13.7. The van der Waals surface area contributed by atoms with E-state index < -0.39 is 0 Å². The molecule has 0 fully saturated rings. The lowest BCUT2D eigenvalue weighted by Crippen LogP contribution is -2.30. The number of H-pyrrole nitrogens is 1. The normalized spacial score (nSPS) is 18.4. The molecule has 0 spiro atoms. The van der Waals surface area contributed by atoms with Crippen molar-refractivity contribution in [3.05, 3.63) is 53.0 Å². The lowest BCUT2D eigenvalue weighted by atomic mass is 9.95. The molecule has 1 aliphatic heterocycles. The van der Waals surface area contributed by atoms with E-state index in [0.29, 0.717) is 0 Å². The van der Waals surface area contributed by atoms with E-state index in [2.05, 4.69) is 52.8 Å². The summed E-state index contributed by atoms with van der Waals surface area (Å²) in [7, 11) is 1.98. The van der Waals surface area contributed by atoms with E-state index in [0.717, 1.165) is 18.7 Å². The monoisotopic (exact) mass is 266 g/mol. The van der Waals surface area contributed by atoms with Crippen LogP contribution in [-0.2, 0) is 13.5 Å². The number of aromatic nitrogens is 3. The Morgan fingerprint density at radius 1 is 1.30 bits per heavy atom. The molecule has 1 atom stereocenters. The summed E-state index contributed by atoms with van der Waals surface area (Å²) in [6.45, 7) is 3.09. The Morgan fingerprint density at radius 2 is 2.15 bits per heavy atom. The number of hydrogen-bond acceptors (Lipinski definition) is 2. The van der Waals surface area contributed by atoms with Gasteiger partial charge in [-0.15, -0.1) is 0 Å². The lowest BCUT2D eigenvalue weighted by Gasteiger charge is -2.24. The fourth-order valence-electron chi connectivity index (χ4n) is 3.35. The van der Waals surface area contributed by atoms with Crippen LogP contribution in [0.1, 0.15) is 28.6 Å². The van der Waals surface area contributed by atoms with Gasteiger partial charge < -0.3 is 10.3 Å². The minimum atomic E-state index is 0.222. The van der Waals surface area contributed by atoms with Crippen LogP contribution in [0.15, 0.2) is 30.5 Å². The van der Waals surface area contributed by atoms with Crippen molar-refractivity contribution in [1.82, 2.24) is 20.1 Å². The van der Waals surface area contributed by atoms with E-state index >= 15 is 0 Å². The molecule has 20 heavy (non-hydrogen) atoms. The molecule has 3 heterocycles. The number of benzene rings is 1. The zero-order valence-corrected chi connectivity index (χ0v) is 11.8. The summed E-state index contributed by atoms with van der Waals surface area (Å²) in [5.74, 6) is 0. The van der Waals surface area contributed by atoms with Gasteiger partial charge in [0.2, 0.25) is 0 Å². The SMILES string of the molecule is Cc1nn(C)cc1[C@@H]1NCCc2c1[nH]c1ccccc21. The third-order valence-corrected chi connectivity index (χ3v) is 4.22. The van der Waals surface area contributed by atoms with Gasteiger partial charge in [0, 0.05) is 41.9 Å². The molecular weight excluding hydrogens is 248 g/mol. The molecule has 0 saturated heterocycles. The van der Waals surface area contributed by atoms with Crippen LogP contribution in [-0.4, -0.2) is 21.3 Å². The summed E-state index contributed by atoms with van der Waals surface area (Å²) in [4.78, 5) is 3.60. The number of nitrogens with zero attached hydrogens (tertiary/aromatic N) is 2. The van der Waals surface area contributed by atoms with E-state index in [1.54, 1.807) is 0 Å². The summed E-state index contributed by atoms with van der Waals surface area (Å²) in [6.07, 6.45) is 3.20. The molecule has 102 valence electrons. The highest BCUT2D eigenvalue weighted by Gasteiger charge is 2.27. The smallest absolute Gasteiger partial charge is 0.0765 e. The average molecular weight is 266 g/mol. The number of aromatic amines is 1. The van der Waals surface area contributed by atoms with Crippen molar-refractivity contribution in [3.63, 3.8) is 0 Å². The number of hydrogen-bond donors (Lipinski definition) is 2. The highest BCUT2D eigenvalue weighted by Crippen LogP contribution is 2.34. The highest BCUT2D eigenvalue weighted by atomic mass is 15.3. The van der Waals surface area contributed by atoms with Crippen LogP contribution in [0, 0.1) is 6.92 Å². The molecule has 1 aliphatic rings. The second kappa shape index (κ2) is 4.21. The van der Waals surface area contributed by atoms with Gasteiger partial charge in [0.1, 0.15) is 0 Å². The first kappa shape index (κ1) is 11.7. The maximum absolute atomic E-state index is 4.48. The van der Waals surface area contributed by atoms with Crippen LogP contribution in [0.2, 0.25) is 0 Å². The van der Waals surface area contributed by atoms with Gasteiger partial charge in [0.25, 0.3) is 0 Å². The number of para-hydroxylation sites is 1. The lowest BCUT2D eigenvalue weighted by molar-refractivity contribution is 0.558. The molecular formula is C16H18N4. The summed E-state index contributed by atoms with van der Waals surface area (Å²) >= 11 is 0. The van der Waals surface area contributed by atoms with E-state index in [4.69, 9.17) is 0 Å². The molecule has 2 N–H and O–H groups in total. The van der Waals surface area contributed by atoms with Gasteiger partial charge >= 0.3 is 0 Å². The fourth-order valence-corrected chi connectivity index (χ4v) is 3.35. The van der Waals surface area contributed by atoms with E-state index in [-0.39, 0.29) is 6.04 Å². The molecule has 0 saturated carbocycles. The van der Waals surface area contributed by atoms with E-state index in [1.807, 2.05) is 11.7 Å². The Labute approximate surface area is 117 Å². The molecule has 3 aromatic rings. The molecule has 0 aliphatic carbocycles. The second-order valence-electron chi connectivity index (χ2n) is 5.54. The first-order chi connectivity index (χ1) is 9.74. The van der Waals surface area contributed by atoms with Gasteiger partial charge in [0.05, 0.1) is 11.7 Å². The molecule has 2 aromatic heterocycles. The number of aryl methyl sites for hydroxylation is 2. The number of rotatable bonds is 1. The molecule has 0 amide bonds. The van der Waals surface area contributed by atoms with Crippen LogP contribution in [0.4, 0.5) is 0 Å². The van der Waals surface area contributed by atoms with Crippen molar-refractivity contribution in [2.45, 2.75) is 19.4 Å². The predicted molar refractivity (Wildman–Crippen MR) is 79.8 cm³/mol. The second-order valence-corrected chi connectivity index (χ2v) is 5.54. The van der Waals surface area contributed by atoms with Crippen LogP contribution in [0.5, 0.6) is 0 Å². The van der Waals surface area contributed by atoms with Crippen LogP contribution in [0.3, 0.4) is 0 Å². The molecule has 4 heteroatoms. The first-order valence-electron chi connectivity index (χ1n) is 7.07. The Hall–Kier alpha value is -2.07. The van der Waals surface area contributed by atoms with Gasteiger partial charge in [-0.1, -0.05) is 18.2 Å². The Morgan fingerprint density at radius 3 is 2.95 bits per heavy atom. The summed E-state index contributed by atoms with van der Waals surface area (Å²) in [6, 6.07) is 8.79. The van der Waals surface area contributed by atoms with Crippen molar-refractivity contribution in [1.29, 1.82) is 0 Å². The maximum atomic E-state index is 4.48. The Kier molecular flexibility index (Phi) is 2.47. The maximum Gasteiger partial charge on any atom is 0.0765 e. The van der Waals surface area contributed by atoms with Gasteiger partial charge in [-0.3, -0.25) is 4.68 Å². The van der Waals surface area contributed by atoms with Crippen molar-refractivity contribution in [2.24, 2.45) is 7.05 Å². The molecule has 0 unspecified atom stereocenters. The topological polar surface area (TPSA) is 45.6 Å². The number of nitrogens with one attached hydrogen (secondary N) is 2. The average Bonchev–Trinajstić information content (AvgIpc) is 2.98. The van der Waals surface area contributed by atoms with Crippen molar-refractivity contribution >= 4 is 10.9 Å². The fraction of sp³-hybridized carbons (Fsp3) is 0.312. The van der Waals surface area contributed by atoms with Gasteiger partial charge in [-0.05, 0) is 25.0 Å². The van der Waals surface area contributed by atoms with Crippen LogP contribution >= 0.6 is 0 Å². The van der Waals surface area contributed by atoms with Crippen molar-refractivity contribution in [2.75, 3.05) is 6.54 Å². The molecule has 0 radical (unpaired) electrons. The molecule has 1 aromatic carbocycles. The van der Waals surface area contributed by atoms with Crippen LogP contribution < -0.4 is 5.32 Å². The quantitative estimate of drug-likeness (QED) is 0.710. The van der Waals surface area contributed by atoms with E-state index in [9.17, 15) is 0 Å².